The molecule has 0 radical (unpaired) electrons. The Bertz CT molecular complexity index is 163. The summed E-state index contributed by atoms with van der Waals surface area (Å²) in [5, 5.41) is 10.4. The monoisotopic (exact) mass is 198 g/mol. The first-order valence-electron chi connectivity index (χ1n) is 6.32. The van der Waals surface area contributed by atoms with Crippen molar-refractivity contribution in [1.82, 2.24) is 0 Å². The quantitative estimate of drug-likeness (QED) is 0.729. The molecule has 1 fully saturated rings. The second kappa shape index (κ2) is 5.16. The summed E-state index contributed by atoms with van der Waals surface area (Å²) in [6, 6.07) is 0. The van der Waals surface area contributed by atoms with Crippen LogP contribution in [-0.2, 0) is 0 Å². The number of aliphatic hydroxyl groups is 1. The van der Waals surface area contributed by atoms with Crippen molar-refractivity contribution in [2.24, 2.45) is 11.8 Å². The van der Waals surface area contributed by atoms with Gasteiger partial charge in [0.2, 0.25) is 0 Å². The van der Waals surface area contributed by atoms with E-state index in [1.807, 2.05) is 6.92 Å². The molecule has 0 saturated heterocycles. The van der Waals surface area contributed by atoms with Crippen LogP contribution in [0.15, 0.2) is 0 Å². The maximum absolute atomic E-state index is 10.4. The molecule has 1 rings (SSSR count). The van der Waals surface area contributed by atoms with Crippen molar-refractivity contribution in [3.8, 4) is 0 Å². The number of hydrogen-bond donors (Lipinski definition) is 1. The van der Waals surface area contributed by atoms with Crippen LogP contribution in [0.5, 0.6) is 0 Å². The Labute approximate surface area is 88.9 Å². The van der Waals surface area contributed by atoms with Crippen LogP contribution in [0.1, 0.15) is 65.7 Å². The van der Waals surface area contributed by atoms with Crippen molar-refractivity contribution in [3.05, 3.63) is 0 Å². The van der Waals surface area contributed by atoms with Gasteiger partial charge in [-0.2, -0.15) is 0 Å². The van der Waals surface area contributed by atoms with Crippen LogP contribution in [0.25, 0.3) is 0 Å². The maximum Gasteiger partial charge on any atom is 0.0647 e. The molecule has 0 heterocycles. The van der Waals surface area contributed by atoms with Crippen molar-refractivity contribution in [2.75, 3.05) is 0 Å². The van der Waals surface area contributed by atoms with Crippen LogP contribution in [-0.4, -0.2) is 10.7 Å². The van der Waals surface area contributed by atoms with Gasteiger partial charge in [-0.1, -0.05) is 39.5 Å². The van der Waals surface area contributed by atoms with Crippen LogP contribution in [0.4, 0.5) is 0 Å². The Morgan fingerprint density at radius 2 is 2.00 bits per heavy atom. The van der Waals surface area contributed by atoms with E-state index in [-0.39, 0.29) is 0 Å². The molecule has 1 aliphatic rings. The van der Waals surface area contributed by atoms with Crippen LogP contribution in [0.3, 0.4) is 0 Å². The van der Waals surface area contributed by atoms with E-state index in [2.05, 4.69) is 13.8 Å². The Morgan fingerprint density at radius 1 is 1.29 bits per heavy atom. The third-order valence-electron chi connectivity index (χ3n) is 4.00. The molecule has 84 valence electrons. The molecular formula is C13H26O. The molecule has 0 aliphatic heterocycles. The minimum atomic E-state index is -0.400. The van der Waals surface area contributed by atoms with Crippen molar-refractivity contribution >= 4 is 0 Å². The molecule has 3 unspecified atom stereocenters. The molecule has 0 spiro atoms. The fourth-order valence-corrected chi connectivity index (χ4v) is 2.94. The molecule has 1 nitrogen and oxygen atoms in total. The standard InChI is InChI=1S/C13H26O/c1-4-9-13(3,14)12-8-6-7-11(5-2)10-12/h11-12,14H,4-10H2,1-3H3. The zero-order valence-corrected chi connectivity index (χ0v) is 10.1. The van der Waals surface area contributed by atoms with Crippen LogP contribution in [0.2, 0.25) is 0 Å². The van der Waals surface area contributed by atoms with E-state index in [1.165, 1.54) is 32.1 Å². The molecule has 0 bridgehead atoms. The van der Waals surface area contributed by atoms with Crippen molar-refractivity contribution < 1.29 is 5.11 Å². The largest absolute Gasteiger partial charge is 0.390 e. The van der Waals surface area contributed by atoms with Crippen LogP contribution < -0.4 is 0 Å². The zero-order valence-electron chi connectivity index (χ0n) is 10.1. The van der Waals surface area contributed by atoms with E-state index < -0.39 is 5.60 Å². The summed E-state index contributed by atoms with van der Waals surface area (Å²) >= 11 is 0. The Morgan fingerprint density at radius 3 is 2.57 bits per heavy atom. The molecule has 0 aromatic heterocycles. The summed E-state index contributed by atoms with van der Waals surface area (Å²) in [5.41, 5.74) is -0.400. The third-order valence-corrected chi connectivity index (χ3v) is 4.00. The predicted octanol–water partition coefficient (Wildman–Crippen LogP) is 3.75. The van der Waals surface area contributed by atoms with Gasteiger partial charge in [-0.05, 0) is 38.0 Å². The lowest BCUT2D eigenvalue weighted by Crippen LogP contribution is -2.37. The van der Waals surface area contributed by atoms with Crippen LogP contribution >= 0.6 is 0 Å². The normalized spacial score (nSPS) is 32.6. The predicted molar refractivity (Wildman–Crippen MR) is 61.3 cm³/mol. The molecule has 0 amide bonds. The topological polar surface area (TPSA) is 20.2 Å². The van der Waals surface area contributed by atoms with E-state index in [0.29, 0.717) is 5.92 Å². The third kappa shape index (κ3) is 2.98. The lowest BCUT2D eigenvalue weighted by atomic mass is 9.71. The van der Waals surface area contributed by atoms with Gasteiger partial charge in [0.1, 0.15) is 0 Å². The van der Waals surface area contributed by atoms with Crippen molar-refractivity contribution in [1.29, 1.82) is 0 Å². The molecule has 1 N–H and O–H groups in total. The summed E-state index contributed by atoms with van der Waals surface area (Å²) in [7, 11) is 0. The highest BCUT2D eigenvalue weighted by Gasteiger charge is 2.34. The fourth-order valence-electron chi connectivity index (χ4n) is 2.94. The Hall–Kier alpha value is -0.0400. The van der Waals surface area contributed by atoms with Gasteiger partial charge in [0.25, 0.3) is 0 Å². The number of rotatable bonds is 4. The lowest BCUT2D eigenvalue weighted by Gasteiger charge is -2.38. The lowest BCUT2D eigenvalue weighted by molar-refractivity contribution is -0.0331. The van der Waals surface area contributed by atoms with Crippen molar-refractivity contribution in [3.63, 3.8) is 0 Å². The van der Waals surface area contributed by atoms with E-state index in [4.69, 9.17) is 0 Å². The number of hydrogen-bond acceptors (Lipinski definition) is 1. The molecular weight excluding hydrogens is 172 g/mol. The van der Waals surface area contributed by atoms with Gasteiger partial charge in [-0.25, -0.2) is 0 Å². The Balaban J connectivity index is 2.49. The van der Waals surface area contributed by atoms with Gasteiger partial charge < -0.3 is 5.11 Å². The Kier molecular flexibility index (Phi) is 4.43. The second-order valence-electron chi connectivity index (χ2n) is 5.24. The summed E-state index contributed by atoms with van der Waals surface area (Å²) < 4.78 is 0. The first kappa shape index (κ1) is 12.0. The minimum absolute atomic E-state index is 0.400. The molecule has 1 heteroatoms. The highest BCUT2D eigenvalue weighted by atomic mass is 16.3. The van der Waals surface area contributed by atoms with E-state index >= 15 is 0 Å². The molecule has 14 heavy (non-hydrogen) atoms. The maximum atomic E-state index is 10.4. The zero-order chi connectivity index (χ0) is 10.6. The molecule has 0 aromatic carbocycles. The van der Waals surface area contributed by atoms with Crippen LogP contribution in [0, 0.1) is 11.8 Å². The first-order valence-corrected chi connectivity index (χ1v) is 6.32. The van der Waals surface area contributed by atoms with Gasteiger partial charge >= 0.3 is 0 Å². The van der Waals surface area contributed by atoms with Gasteiger partial charge in [0.05, 0.1) is 5.60 Å². The molecule has 3 atom stereocenters. The highest BCUT2D eigenvalue weighted by Crippen LogP contribution is 2.38. The highest BCUT2D eigenvalue weighted by molar-refractivity contribution is 4.86. The summed E-state index contributed by atoms with van der Waals surface area (Å²) in [6.07, 6.45) is 8.55. The van der Waals surface area contributed by atoms with Crippen molar-refractivity contribution in [2.45, 2.75) is 71.3 Å². The van der Waals surface area contributed by atoms with E-state index in [0.717, 1.165) is 18.8 Å². The van der Waals surface area contributed by atoms with Gasteiger partial charge in [-0.3, -0.25) is 0 Å². The van der Waals surface area contributed by atoms with E-state index in [9.17, 15) is 5.11 Å². The molecule has 1 saturated carbocycles. The average Bonchev–Trinajstić information content (AvgIpc) is 2.18. The SMILES string of the molecule is CCCC(C)(O)C1CCCC(CC)C1. The first-order chi connectivity index (χ1) is 6.60. The summed E-state index contributed by atoms with van der Waals surface area (Å²) in [5.74, 6) is 1.43. The minimum Gasteiger partial charge on any atom is -0.390 e. The van der Waals surface area contributed by atoms with E-state index in [1.54, 1.807) is 0 Å². The second-order valence-corrected chi connectivity index (χ2v) is 5.24. The molecule has 0 aromatic rings. The summed E-state index contributed by atoms with van der Waals surface area (Å²) in [4.78, 5) is 0. The summed E-state index contributed by atoms with van der Waals surface area (Å²) in [6.45, 7) is 6.48. The fraction of sp³-hybridized carbons (Fsp3) is 1.00. The molecule has 1 aliphatic carbocycles. The van der Waals surface area contributed by atoms with Gasteiger partial charge in [0.15, 0.2) is 0 Å². The van der Waals surface area contributed by atoms with Gasteiger partial charge in [0, 0.05) is 0 Å². The average molecular weight is 198 g/mol. The smallest absolute Gasteiger partial charge is 0.0647 e. The van der Waals surface area contributed by atoms with Gasteiger partial charge in [-0.15, -0.1) is 0 Å².